The predicted molar refractivity (Wildman–Crippen MR) is 89.0 cm³/mol. The zero-order valence-corrected chi connectivity index (χ0v) is 15.8. The first-order valence-electron chi connectivity index (χ1n) is 7.21. The van der Waals surface area contributed by atoms with Gasteiger partial charge in [0.2, 0.25) is 5.91 Å². The molecule has 1 amide bonds. The summed E-state index contributed by atoms with van der Waals surface area (Å²) in [5.41, 5.74) is 0.689. The largest absolute Gasteiger partial charge is 0.338 e. The minimum Gasteiger partial charge on any atom is -0.338 e. The van der Waals surface area contributed by atoms with Crippen LogP contribution in [0.4, 0.5) is 8.78 Å². The number of rotatable bonds is 6. The van der Waals surface area contributed by atoms with E-state index in [0.29, 0.717) is 23.0 Å². The van der Waals surface area contributed by atoms with Gasteiger partial charge in [0.25, 0.3) is 6.43 Å². The summed E-state index contributed by atoms with van der Waals surface area (Å²) in [4.78, 5) is 13.8. The molecule has 0 N–H and O–H groups in total. The zero-order valence-electron chi connectivity index (χ0n) is 13.4. The number of amides is 1. The van der Waals surface area contributed by atoms with E-state index >= 15 is 0 Å². The Morgan fingerprint density at radius 1 is 1.46 bits per heavy atom. The number of aryl methyl sites for hydroxylation is 1. The average molecular weight is 425 g/mol. The van der Waals surface area contributed by atoms with Gasteiger partial charge in [-0.25, -0.2) is 8.78 Å². The Kier molecular flexibility index (Phi) is 5.97. The van der Waals surface area contributed by atoms with Crippen LogP contribution in [-0.4, -0.2) is 37.4 Å². The standard InChI is InChI=1S/C14H17BrClF2N5O/c1-4-22-5-9(16)10(19-22)6-21(3)11(24)7-23-8(2)12(15)13(20-23)14(17)18/h5,14H,4,6-7H2,1-3H3. The van der Waals surface area contributed by atoms with Gasteiger partial charge in [0.1, 0.15) is 17.9 Å². The number of carbonyl (C=O) groups is 1. The highest BCUT2D eigenvalue weighted by Gasteiger charge is 2.22. The molecule has 0 atom stereocenters. The highest BCUT2D eigenvalue weighted by atomic mass is 79.9. The summed E-state index contributed by atoms with van der Waals surface area (Å²) in [6, 6.07) is 0. The molecule has 0 saturated heterocycles. The van der Waals surface area contributed by atoms with Crippen molar-refractivity contribution in [3.05, 3.63) is 32.8 Å². The summed E-state index contributed by atoms with van der Waals surface area (Å²) >= 11 is 9.17. The van der Waals surface area contributed by atoms with Gasteiger partial charge in [0.05, 0.1) is 21.7 Å². The van der Waals surface area contributed by atoms with E-state index in [9.17, 15) is 13.6 Å². The van der Waals surface area contributed by atoms with Crippen molar-refractivity contribution < 1.29 is 13.6 Å². The lowest BCUT2D eigenvalue weighted by Crippen LogP contribution is -2.30. The van der Waals surface area contributed by atoms with Crippen LogP contribution in [0.2, 0.25) is 5.02 Å². The van der Waals surface area contributed by atoms with Gasteiger partial charge in [0.15, 0.2) is 0 Å². The predicted octanol–water partition coefficient (Wildman–Crippen LogP) is 3.42. The molecule has 24 heavy (non-hydrogen) atoms. The number of hydrogen-bond acceptors (Lipinski definition) is 3. The van der Waals surface area contributed by atoms with Gasteiger partial charge in [-0.2, -0.15) is 10.2 Å². The molecule has 0 fully saturated rings. The van der Waals surface area contributed by atoms with Gasteiger partial charge in [-0.05, 0) is 29.8 Å². The van der Waals surface area contributed by atoms with Gasteiger partial charge in [-0.3, -0.25) is 14.2 Å². The first-order valence-corrected chi connectivity index (χ1v) is 8.38. The molecule has 0 bridgehead atoms. The summed E-state index contributed by atoms with van der Waals surface area (Å²) in [5, 5.41) is 8.56. The Labute approximate surface area is 151 Å². The third-order valence-electron chi connectivity index (χ3n) is 3.57. The highest BCUT2D eigenvalue weighted by molar-refractivity contribution is 9.10. The lowest BCUT2D eigenvalue weighted by atomic mass is 10.3. The van der Waals surface area contributed by atoms with Crippen molar-refractivity contribution >= 4 is 33.4 Å². The smallest absolute Gasteiger partial charge is 0.283 e. The summed E-state index contributed by atoms with van der Waals surface area (Å²) < 4.78 is 28.9. The van der Waals surface area contributed by atoms with Crippen LogP contribution in [-0.2, 0) is 24.4 Å². The van der Waals surface area contributed by atoms with E-state index in [4.69, 9.17) is 11.6 Å². The van der Waals surface area contributed by atoms with Gasteiger partial charge in [-0.1, -0.05) is 11.6 Å². The van der Waals surface area contributed by atoms with Crippen LogP contribution < -0.4 is 0 Å². The monoisotopic (exact) mass is 423 g/mol. The lowest BCUT2D eigenvalue weighted by Gasteiger charge is -2.16. The second-order valence-electron chi connectivity index (χ2n) is 5.27. The maximum absolute atomic E-state index is 12.9. The van der Waals surface area contributed by atoms with Crippen molar-refractivity contribution in [2.24, 2.45) is 0 Å². The van der Waals surface area contributed by atoms with Crippen LogP contribution in [0, 0.1) is 6.92 Å². The molecular weight excluding hydrogens is 408 g/mol. The van der Waals surface area contributed by atoms with Gasteiger partial charge in [0, 0.05) is 19.8 Å². The fourth-order valence-electron chi connectivity index (χ4n) is 2.11. The van der Waals surface area contributed by atoms with E-state index in [2.05, 4.69) is 26.1 Å². The van der Waals surface area contributed by atoms with Gasteiger partial charge in [-0.15, -0.1) is 0 Å². The second-order valence-corrected chi connectivity index (χ2v) is 6.47. The minimum absolute atomic E-state index is 0.139. The summed E-state index contributed by atoms with van der Waals surface area (Å²) in [6.07, 6.45) is -1.01. The quantitative estimate of drug-likeness (QED) is 0.714. The topological polar surface area (TPSA) is 56.0 Å². The summed E-state index contributed by atoms with van der Waals surface area (Å²) in [5.74, 6) is -0.281. The molecule has 2 rings (SSSR count). The van der Waals surface area contributed by atoms with Crippen molar-refractivity contribution in [3.63, 3.8) is 0 Å². The molecule has 0 spiro atoms. The Hall–Kier alpha value is -1.48. The molecule has 132 valence electrons. The van der Waals surface area contributed by atoms with E-state index in [1.54, 1.807) is 24.9 Å². The minimum atomic E-state index is -2.70. The average Bonchev–Trinajstić information content (AvgIpc) is 3.02. The Morgan fingerprint density at radius 3 is 2.62 bits per heavy atom. The zero-order chi connectivity index (χ0) is 18.0. The van der Waals surface area contributed by atoms with Crippen molar-refractivity contribution in [2.45, 2.75) is 39.9 Å². The SMILES string of the molecule is CCn1cc(Cl)c(CN(C)C(=O)Cn2nc(C(F)F)c(Br)c2C)n1. The fraction of sp³-hybridized carbons (Fsp3) is 0.500. The molecule has 6 nitrogen and oxygen atoms in total. The van der Waals surface area contributed by atoms with Crippen LogP contribution in [0.3, 0.4) is 0 Å². The molecule has 0 aromatic carbocycles. The number of alkyl halides is 2. The number of hydrogen-bond donors (Lipinski definition) is 0. The van der Waals surface area contributed by atoms with E-state index < -0.39 is 6.43 Å². The molecule has 10 heteroatoms. The van der Waals surface area contributed by atoms with Crippen molar-refractivity contribution in [3.8, 4) is 0 Å². The first-order chi connectivity index (χ1) is 11.2. The van der Waals surface area contributed by atoms with Crippen molar-refractivity contribution in [1.82, 2.24) is 24.5 Å². The Morgan fingerprint density at radius 2 is 2.12 bits per heavy atom. The molecule has 0 radical (unpaired) electrons. The van der Waals surface area contributed by atoms with Gasteiger partial charge < -0.3 is 4.90 Å². The Bertz CT molecular complexity index is 746. The van der Waals surface area contributed by atoms with Crippen molar-refractivity contribution in [1.29, 1.82) is 0 Å². The summed E-state index contributed by atoms with van der Waals surface area (Å²) in [6.45, 7) is 4.32. The number of likely N-dealkylation sites (N-methyl/N-ethyl adjacent to an activating group) is 1. The highest BCUT2D eigenvalue weighted by Crippen LogP contribution is 2.29. The van der Waals surface area contributed by atoms with Crippen molar-refractivity contribution in [2.75, 3.05) is 7.05 Å². The van der Waals surface area contributed by atoms with E-state index in [1.807, 2.05) is 6.92 Å². The number of nitrogens with zero attached hydrogens (tertiary/aromatic N) is 5. The maximum atomic E-state index is 12.9. The molecule has 0 unspecified atom stereocenters. The van der Waals surface area contributed by atoms with E-state index in [0.717, 1.165) is 0 Å². The molecule has 2 aromatic heterocycles. The van der Waals surface area contributed by atoms with Crippen LogP contribution in [0.15, 0.2) is 10.7 Å². The van der Waals surface area contributed by atoms with E-state index in [1.165, 1.54) is 9.58 Å². The molecule has 2 heterocycles. The Balaban J connectivity index is 2.09. The van der Waals surface area contributed by atoms with Gasteiger partial charge >= 0.3 is 0 Å². The third-order valence-corrected chi connectivity index (χ3v) is 4.87. The van der Waals surface area contributed by atoms with Crippen LogP contribution in [0.5, 0.6) is 0 Å². The number of aromatic nitrogens is 4. The third kappa shape index (κ3) is 3.94. The van der Waals surface area contributed by atoms with Crippen LogP contribution in [0.25, 0.3) is 0 Å². The lowest BCUT2D eigenvalue weighted by molar-refractivity contribution is -0.131. The fourth-order valence-corrected chi connectivity index (χ4v) is 2.78. The molecule has 2 aromatic rings. The maximum Gasteiger partial charge on any atom is 0.283 e. The molecular formula is C14H17BrClF2N5O. The first kappa shape index (κ1) is 18.9. The van der Waals surface area contributed by atoms with Crippen LogP contribution in [0.1, 0.15) is 30.4 Å². The van der Waals surface area contributed by atoms with E-state index in [-0.39, 0.29) is 29.2 Å². The number of carbonyl (C=O) groups excluding carboxylic acids is 1. The number of halogens is 4. The van der Waals surface area contributed by atoms with Crippen LogP contribution >= 0.6 is 27.5 Å². The molecule has 0 aliphatic rings. The second kappa shape index (κ2) is 7.60. The normalized spacial score (nSPS) is 11.3. The molecule has 0 aliphatic carbocycles. The molecule has 0 saturated carbocycles. The molecule has 0 aliphatic heterocycles. The summed E-state index contributed by atoms with van der Waals surface area (Å²) in [7, 11) is 1.60.